The maximum absolute atomic E-state index is 9.07. The Morgan fingerprint density at radius 3 is 2.43 bits per heavy atom. The number of phenolic OH excluding ortho intramolecular Hbond substituents is 1. The van der Waals surface area contributed by atoms with Crippen molar-refractivity contribution < 1.29 is 5.11 Å². The molecule has 1 aromatic rings. The summed E-state index contributed by atoms with van der Waals surface area (Å²) in [5, 5.41) is 14.1. The Hall–Kier alpha value is -1.88. The van der Waals surface area contributed by atoms with Crippen LogP contribution in [0.3, 0.4) is 0 Å². The zero-order chi connectivity index (χ0) is 10.6. The molecule has 14 heavy (non-hydrogen) atoms. The Labute approximate surface area is 82.2 Å². The van der Waals surface area contributed by atoms with Crippen LogP contribution in [0.4, 0.5) is 0 Å². The second kappa shape index (κ2) is 4.38. The first-order valence-electron chi connectivity index (χ1n) is 3.96. The van der Waals surface area contributed by atoms with E-state index in [0.29, 0.717) is 5.84 Å². The SMILES string of the molecule is C=N/C(=N\N(C)N)c1ccc(O)cc1. The summed E-state index contributed by atoms with van der Waals surface area (Å²) < 4.78 is 0. The molecule has 74 valence electrons. The first-order chi connectivity index (χ1) is 6.63. The molecule has 0 bridgehead atoms. The van der Waals surface area contributed by atoms with E-state index in [1.165, 1.54) is 0 Å². The Morgan fingerprint density at radius 2 is 2.00 bits per heavy atom. The second-order valence-corrected chi connectivity index (χ2v) is 2.70. The highest BCUT2D eigenvalue weighted by Crippen LogP contribution is 2.10. The number of amidine groups is 1. The maximum atomic E-state index is 9.07. The van der Waals surface area contributed by atoms with Crippen molar-refractivity contribution in [2.75, 3.05) is 7.05 Å². The molecule has 3 N–H and O–H groups in total. The number of aromatic hydroxyl groups is 1. The van der Waals surface area contributed by atoms with Gasteiger partial charge in [-0.2, -0.15) is 0 Å². The van der Waals surface area contributed by atoms with Crippen LogP contribution in [-0.2, 0) is 0 Å². The highest BCUT2D eigenvalue weighted by Gasteiger charge is 2.01. The van der Waals surface area contributed by atoms with Gasteiger partial charge in [0.25, 0.3) is 0 Å². The zero-order valence-corrected chi connectivity index (χ0v) is 7.88. The van der Waals surface area contributed by atoms with Gasteiger partial charge in [-0.15, -0.1) is 5.10 Å². The number of hydrogen-bond acceptors (Lipinski definition) is 4. The van der Waals surface area contributed by atoms with Crippen molar-refractivity contribution >= 4 is 12.6 Å². The van der Waals surface area contributed by atoms with Gasteiger partial charge in [-0.05, 0) is 31.0 Å². The van der Waals surface area contributed by atoms with Crippen LogP contribution in [0.1, 0.15) is 5.56 Å². The highest BCUT2D eigenvalue weighted by molar-refractivity contribution is 6.01. The van der Waals surface area contributed by atoms with E-state index < -0.39 is 0 Å². The molecular weight excluding hydrogens is 180 g/mol. The molecule has 5 nitrogen and oxygen atoms in total. The van der Waals surface area contributed by atoms with Crippen LogP contribution in [0.25, 0.3) is 0 Å². The molecule has 0 spiro atoms. The molecule has 0 fully saturated rings. The van der Waals surface area contributed by atoms with Crippen LogP contribution < -0.4 is 5.84 Å². The molecule has 1 aromatic carbocycles. The zero-order valence-electron chi connectivity index (χ0n) is 7.88. The van der Waals surface area contributed by atoms with E-state index in [9.17, 15) is 0 Å². The number of hydrogen-bond donors (Lipinski definition) is 2. The van der Waals surface area contributed by atoms with Crippen molar-refractivity contribution in [3.63, 3.8) is 0 Å². The van der Waals surface area contributed by atoms with E-state index in [0.717, 1.165) is 10.7 Å². The van der Waals surface area contributed by atoms with Crippen LogP contribution in [0, 0.1) is 0 Å². The molecule has 0 atom stereocenters. The number of benzene rings is 1. The van der Waals surface area contributed by atoms with E-state index in [-0.39, 0.29) is 5.75 Å². The third-order valence-corrected chi connectivity index (χ3v) is 1.53. The molecule has 0 unspecified atom stereocenters. The fourth-order valence-electron chi connectivity index (χ4n) is 0.941. The molecule has 0 amide bonds. The lowest BCUT2D eigenvalue weighted by Gasteiger charge is -2.06. The smallest absolute Gasteiger partial charge is 0.180 e. The standard InChI is InChI=1S/C9H12N4O/c1-11-9(12-13(2)10)7-3-5-8(14)6-4-7/h3-6,14H,1,10H2,2H3/b12-9-. The lowest BCUT2D eigenvalue weighted by Crippen LogP contribution is -2.21. The first-order valence-corrected chi connectivity index (χ1v) is 3.96. The van der Waals surface area contributed by atoms with Gasteiger partial charge < -0.3 is 5.11 Å². The normalized spacial score (nSPS) is 11.1. The number of aliphatic imine (C=N–C) groups is 1. The summed E-state index contributed by atoms with van der Waals surface area (Å²) in [5.41, 5.74) is 0.745. The largest absolute Gasteiger partial charge is 0.508 e. The van der Waals surface area contributed by atoms with Crippen LogP contribution >= 0.6 is 0 Å². The summed E-state index contributed by atoms with van der Waals surface area (Å²) in [7, 11) is 1.59. The van der Waals surface area contributed by atoms with Crippen molar-refractivity contribution in [3.8, 4) is 5.75 Å². The topological polar surface area (TPSA) is 74.2 Å². The van der Waals surface area contributed by atoms with Crippen LogP contribution in [0.2, 0.25) is 0 Å². The maximum Gasteiger partial charge on any atom is 0.180 e. The Balaban J connectivity index is 3.01. The van der Waals surface area contributed by atoms with Gasteiger partial charge in [-0.1, -0.05) is 0 Å². The van der Waals surface area contributed by atoms with E-state index in [1.807, 2.05) is 0 Å². The molecule has 0 saturated carbocycles. The quantitative estimate of drug-likeness (QED) is 0.311. The number of nitrogens with zero attached hydrogens (tertiary/aromatic N) is 3. The van der Waals surface area contributed by atoms with Crippen molar-refractivity contribution in [3.05, 3.63) is 29.8 Å². The summed E-state index contributed by atoms with van der Waals surface area (Å²) in [4.78, 5) is 3.72. The van der Waals surface area contributed by atoms with Crippen molar-refractivity contribution in [2.45, 2.75) is 0 Å². The van der Waals surface area contributed by atoms with Gasteiger partial charge in [0, 0.05) is 12.6 Å². The minimum atomic E-state index is 0.193. The summed E-state index contributed by atoms with van der Waals surface area (Å²) in [6, 6.07) is 6.47. The minimum Gasteiger partial charge on any atom is -0.508 e. The van der Waals surface area contributed by atoms with E-state index >= 15 is 0 Å². The highest BCUT2D eigenvalue weighted by atomic mass is 16.3. The number of nitrogens with two attached hydrogens (primary N) is 1. The van der Waals surface area contributed by atoms with E-state index in [4.69, 9.17) is 10.9 Å². The summed E-state index contributed by atoms with van der Waals surface area (Å²) in [6.07, 6.45) is 0. The van der Waals surface area contributed by atoms with Crippen LogP contribution in [0.5, 0.6) is 5.75 Å². The van der Waals surface area contributed by atoms with Gasteiger partial charge in [0.05, 0.1) is 0 Å². The molecule has 0 saturated heterocycles. The predicted molar refractivity (Wildman–Crippen MR) is 56.1 cm³/mol. The van der Waals surface area contributed by atoms with Crippen molar-refractivity contribution in [1.82, 2.24) is 5.12 Å². The monoisotopic (exact) mass is 192 g/mol. The lowest BCUT2D eigenvalue weighted by atomic mass is 10.2. The Bertz CT molecular complexity index is 342. The van der Waals surface area contributed by atoms with E-state index in [2.05, 4.69) is 16.8 Å². The fourth-order valence-corrected chi connectivity index (χ4v) is 0.941. The molecular formula is C9H12N4O. The summed E-state index contributed by atoms with van der Waals surface area (Å²) in [5.74, 6) is 5.95. The fraction of sp³-hybridized carbons (Fsp3) is 0.111. The van der Waals surface area contributed by atoms with Gasteiger partial charge in [-0.3, -0.25) is 0 Å². The average Bonchev–Trinajstić information content (AvgIpc) is 2.15. The van der Waals surface area contributed by atoms with Crippen LogP contribution in [0.15, 0.2) is 34.4 Å². The summed E-state index contributed by atoms with van der Waals surface area (Å²) in [6.45, 7) is 3.39. The number of hydrazone groups is 1. The number of hydrazine groups is 1. The van der Waals surface area contributed by atoms with Gasteiger partial charge in [-0.25, -0.2) is 16.0 Å². The van der Waals surface area contributed by atoms with Crippen molar-refractivity contribution in [2.24, 2.45) is 15.9 Å². The molecule has 0 aromatic heterocycles. The molecule has 0 aliphatic rings. The van der Waals surface area contributed by atoms with Crippen LogP contribution in [-0.4, -0.2) is 29.8 Å². The van der Waals surface area contributed by atoms with E-state index in [1.54, 1.807) is 31.3 Å². The lowest BCUT2D eigenvalue weighted by molar-refractivity contribution is 0.372. The molecule has 0 aliphatic carbocycles. The molecule has 0 radical (unpaired) electrons. The third-order valence-electron chi connectivity index (χ3n) is 1.53. The second-order valence-electron chi connectivity index (χ2n) is 2.70. The average molecular weight is 192 g/mol. The van der Waals surface area contributed by atoms with Crippen molar-refractivity contribution in [1.29, 1.82) is 0 Å². The van der Waals surface area contributed by atoms with Gasteiger partial charge in [0.2, 0.25) is 0 Å². The number of rotatable bonds is 2. The van der Waals surface area contributed by atoms with Gasteiger partial charge in [0.15, 0.2) is 5.84 Å². The predicted octanol–water partition coefficient (Wildman–Crippen LogP) is 0.560. The minimum absolute atomic E-state index is 0.193. The Morgan fingerprint density at radius 1 is 1.43 bits per heavy atom. The Kier molecular flexibility index (Phi) is 3.19. The first kappa shape index (κ1) is 10.2. The molecule has 1 rings (SSSR count). The summed E-state index contributed by atoms with van der Waals surface area (Å²) >= 11 is 0. The molecule has 0 aliphatic heterocycles. The van der Waals surface area contributed by atoms with Gasteiger partial charge >= 0.3 is 0 Å². The third kappa shape index (κ3) is 2.56. The number of phenols is 1. The molecule has 0 heterocycles. The molecule has 5 heteroatoms. The van der Waals surface area contributed by atoms with Gasteiger partial charge in [0.1, 0.15) is 5.75 Å².